The van der Waals surface area contributed by atoms with Crippen molar-refractivity contribution in [1.82, 2.24) is 4.90 Å². The molecule has 0 aliphatic carbocycles. The molecule has 1 atom stereocenters. The van der Waals surface area contributed by atoms with Gasteiger partial charge in [0.2, 0.25) is 0 Å². The van der Waals surface area contributed by atoms with E-state index >= 15 is 0 Å². The molecule has 1 aromatic carbocycles. The van der Waals surface area contributed by atoms with E-state index < -0.39 is 6.10 Å². The average Bonchev–Trinajstić information content (AvgIpc) is 2.86. The number of anilines is 1. The zero-order valence-corrected chi connectivity index (χ0v) is 11.6. The molecule has 0 saturated heterocycles. The van der Waals surface area contributed by atoms with Crippen LogP contribution in [0.4, 0.5) is 5.69 Å². The first-order chi connectivity index (χ1) is 9.22. The molecular weight excluding hydrogens is 256 g/mol. The van der Waals surface area contributed by atoms with Crippen molar-refractivity contribution in [3.63, 3.8) is 0 Å². The molecule has 3 N–H and O–H groups in total. The molecule has 0 radical (unpaired) electrons. The first-order valence-corrected chi connectivity index (χ1v) is 7.41. The number of thiophene rings is 1. The average molecular weight is 274 g/mol. The van der Waals surface area contributed by atoms with Crippen LogP contribution >= 0.6 is 11.3 Å². The number of hydrogen-bond acceptors (Lipinski definition) is 4. The molecular formula is C15H18N2OS. The predicted octanol–water partition coefficient (Wildman–Crippen LogP) is 2.42. The van der Waals surface area contributed by atoms with E-state index in [1.54, 1.807) is 0 Å². The Morgan fingerprint density at radius 2 is 2.26 bits per heavy atom. The summed E-state index contributed by atoms with van der Waals surface area (Å²) in [6.45, 7) is 2.63. The maximum atomic E-state index is 10.3. The number of nitrogens with two attached hydrogens (primary N) is 1. The van der Waals surface area contributed by atoms with Crippen LogP contribution in [-0.2, 0) is 13.0 Å². The Morgan fingerprint density at radius 3 is 3.11 bits per heavy atom. The fourth-order valence-corrected chi connectivity index (χ4v) is 3.47. The van der Waals surface area contributed by atoms with E-state index in [-0.39, 0.29) is 0 Å². The summed E-state index contributed by atoms with van der Waals surface area (Å²) in [5, 5.41) is 12.5. The minimum absolute atomic E-state index is 0.469. The number of β-amino-alcohol motifs (C(OH)–C–C–N with tert-alkyl or cyclic N) is 1. The van der Waals surface area contributed by atoms with Crippen LogP contribution in [0.1, 0.15) is 22.1 Å². The third-order valence-corrected chi connectivity index (χ3v) is 4.64. The third kappa shape index (κ3) is 2.81. The van der Waals surface area contributed by atoms with E-state index in [0.717, 1.165) is 25.1 Å². The summed E-state index contributed by atoms with van der Waals surface area (Å²) in [5.74, 6) is 0. The zero-order valence-electron chi connectivity index (χ0n) is 10.7. The van der Waals surface area contributed by atoms with Crippen LogP contribution < -0.4 is 5.73 Å². The summed E-state index contributed by atoms with van der Waals surface area (Å²) in [5.41, 5.74) is 8.77. The summed E-state index contributed by atoms with van der Waals surface area (Å²) in [4.78, 5) is 3.80. The van der Waals surface area contributed by atoms with Crippen LogP contribution in [0, 0.1) is 0 Å². The first kappa shape index (κ1) is 12.7. The molecule has 1 unspecified atom stereocenters. The van der Waals surface area contributed by atoms with Crippen LogP contribution in [0.5, 0.6) is 0 Å². The van der Waals surface area contributed by atoms with Gasteiger partial charge in [0.25, 0.3) is 0 Å². The van der Waals surface area contributed by atoms with Gasteiger partial charge in [0.15, 0.2) is 0 Å². The monoisotopic (exact) mass is 274 g/mol. The van der Waals surface area contributed by atoms with Gasteiger partial charge in [-0.15, -0.1) is 11.3 Å². The molecule has 0 saturated carbocycles. The summed E-state index contributed by atoms with van der Waals surface area (Å²) < 4.78 is 0. The smallest absolute Gasteiger partial charge is 0.0917 e. The molecule has 2 heterocycles. The van der Waals surface area contributed by atoms with Crippen LogP contribution in [0.3, 0.4) is 0 Å². The van der Waals surface area contributed by atoms with Gasteiger partial charge in [-0.2, -0.15) is 0 Å². The Morgan fingerprint density at radius 1 is 1.37 bits per heavy atom. The van der Waals surface area contributed by atoms with E-state index in [9.17, 15) is 5.11 Å². The second kappa shape index (κ2) is 5.33. The Kier molecular flexibility index (Phi) is 3.55. The van der Waals surface area contributed by atoms with Crippen molar-refractivity contribution in [2.75, 3.05) is 18.8 Å². The number of aliphatic hydroxyl groups excluding tert-OH is 1. The normalized spacial score (nSPS) is 17.1. The molecule has 3 rings (SSSR count). The van der Waals surface area contributed by atoms with Crippen molar-refractivity contribution in [3.05, 3.63) is 51.7 Å². The highest BCUT2D eigenvalue weighted by atomic mass is 32.1. The van der Waals surface area contributed by atoms with Crippen LogP contribution in [-0.4, -0.2) is 23.1 Å². The minimum atomic E-state index is -0.469. The Hall–Kier alpha value is -1.36. The highest BCUT2D eigenvalue weighted by Gasteiger charge is 2.20. The molecule has 3 nitrogen and oxygen atoms in total. The van der Waals surface area contributed by atoms with Crippen LogP contribution in [0.25, 0.3) is 0 Å². The highest BCUT2D eigenvalue weighted by molar-refractivity contribution is 7.10. The van der Waals surface area contributed by atoms with Crippen molar-refractivity contribution >= 4 is 17.0 Å². The van der Waals surface area contributed by atoms with Crippen LogP contribution in [0.2, 0.25) is 0 Å². The maximum Gasteiger partial charge on any atom is 0.0917 e. The van der Waals surface area contributed by atoms with E-state index in [4.69, 9.17) is 5.73 Å². The second-order valence-corrected chi connectivity index (χ2v) is 6.04. The number of fused-ring (bicyclic) bond motifs is 1. The predicted molar refractivity (Wildman–Crippen MR) is 79.1 cm³/mol. The number of rotatable bonds is 3. The van der Waals surface area contributed by atoms with Gasteiger partial charge in [-0.05, 0) is 41.1 Å². The number of benzene rings is 1. The summed E-state index contributed by atoms with van der Waals surface area (Å²) >= 11 is 1.84. The molecule has 0 spiro atoms. The summed E-state index contributed by atoms with van der Waals surface area (Å²) in [7, 11) is 0. The Labute approximate surface area is 117 Å². The Bertz CT molecular complexity index is 567. The Balaban J connectivity index is 1.66. The van der Waals surface area contributed by atoms with Gasteiger partial charge in [-0.25, -0.2) is 0 Å². The van der Waals surface area contributed by atoms with Crippen molar-refractivity contribution in [1.29, 1.82) is 0 Å². The van der Waals surface area contributed by atoms with Crippen molar-refractivity contribution < 1.29 is 5.11 Å². The highest BCUT2D eigenvalue weighted by Crippen LogP contribution is 2.25. The van der Waals surface area contributed by atoms with Crippen molar-refractivity contribution in [2.45, 2.75) is 19.1 Å². The van der Waals surface area contributed by atoms with Gasteiger partial charge in [-0.1, -0.05) is 12.1 Å². The summed E-state index contributed by atoms with van der Waals surface area (Å²) in [6, 6.07) is 9.71. The lowest BCUT2D eigenvalue weighted by atomic mass is 10.1. The first-order valence-electron chi connectivity index (χ1n) is 6.53. The quantitative estimate of drug-likeness (QED) is 0.845. The third-order valence-electron chi connectivity index (χ3n) is 3.61. The molecule has 0 amide bonds. The molecule has 1 aliphatic heterocycles. The largest absolute Gasteiger partial charge is 0.399 e. The number of aliphatic hydroxyl groups is 1. The lowest BCUT2D eigenvalue weighted by molar-refractivity contribution is 0.106. The van der Waals surface area contributed by atoms with Crippen molar-refractivity contribution in [2.24, 2.45) is 0 Å². The van der Waals surface area contributed by atoms with Gasteiger partial charge < -0.3 is 10.8 Å². The zero-order chi connectivity index (χ0) is 13.2. The topological polar surface area (TPSA) is 49.5 Å². The molecule has 0 fully saturated rings. The van der Waals surface area contributed by atoms with Gasteiger partial charge >= 0.3 is 0 Å². The van der Waals surface area contributed by atoms with Gasteiger partial charge in [0.05, 0.1) is 6.10 Å². The lowest BCUT2D eigenvalue weighted by Gasteiger charge is -2.28. The molecule has 0 bridgehead atoms. The van der Waals surface area contributed by atoms with Crippen LogP contribution in [0.15, 0.2) is 35.7 Å². The fourth-order valence-electron chi connectivity index (χ4n) is 2.58. The van der Waals surface area contributed by atoms with E-state index in [1.165, 1.54) is 10.4 Å². The summed E-state index contributed by atoms with van der Waals surface area (Å²) in [6.07, 6.45) is 0.625. The van der Waals surface area contributed by atoms with E-state index in [1.807, 2.05) is 35.6 Å². The lowest BCUT2D eigenvalue weighted by Crippen LogP contribution is -2.33. The molecule has 4 heteroatoms. The molecule has 1 aromatic heterocycles. The molecule has 1 aliphatic rings. The van der Waals surface area contributed by atoms with Crippen molar-refractivity contribution in [3.8, 4) is 0 Å². The van der Waals surface area contributed by atoms with Gasteiger partial charge in [0, 0.05) is 30.2 Å². The minimum Gasteiger partial charge on any atom is -0.399 e. The molecule has 2 aromatic rings. The molecule has 100 valence electrons. The molecule has 19 heavy (non-hydrogen) atoms. The fraction of sp³-hybridized carbons (Fsp3) is 0.333. The standard InChI is InChI=1S/C15H18N2OS/c16-13-3-1-2-11(8-13)14(18)10-17-6-4-15-12(9-17)5-7-19-15/h1-3,5,7-8,14,18H,4,6,9-10,16H2. The van der Waals surface area contributed by atoms with Gasteiger partial charge in [-0.3, -0.25) is 4.90 Å². The SMILES string of the molecule is Nc1cccc(C(O)CN2CCc3sccc3C2)c1. The maximum absolute atomic E-state index is 10.3. The number of hydrogen-bond donors (Lipinski definition) is 2. The van der Waals surface area contributed by atoms with E-state index in [0.29, 0.717) is 12.2 Å². The van der Waals surface area contributed by atoms with E-state index in [2.05, 4.69) is 16.3 Å². The van der Waals surface area contributed by atoms with Gasteiger partial charge in [0.1, 0.15) is 0 Å². The second-order valence-electron chi connectivity index (χ2n) is 5.04. The number of nitrogens with zero attached hydrogens (tertiary/aromatic N) is 1. The number of nitrogen functional groups attached to an aromatic ring is 1.